The average molecular weight is 395 g/mol. The van der Waals surface area contributed by atoms with Gasteiger partial charge in [-0.05, 0) is 36.4 Å². The molecular weight excluding hydrogens is 377 g/mol. The van der Waals surface area contributed by atoms with E-state index in [4.69, 9.17) is 4.52 Å². The molecule has 1 aromatic carbocycles. The number of carbonyl (C=O) groups is 2. The van der Waals surface area contributed by atoms with Gasteiger partial charge in [-0.3, -0.25) is 14.6 Å². The van der Waals surface area contributed by atoms with Crippen LogP contribution in [0.5, 0.6) is 0 Å². The maximum atomic E-state index is 13.0. The van der Waals surface area contributed by atoms with Crippen LogP contribution < -0.4 is 5.32 Å². The third-order valence-electron chi connectivity index (χ3n) is 4.65. The minimum absolute atomic E-state index is 0.0535. The summed E-state index contributed by atoms with van der Waals surface area (Å²) in [6.45, 7) is 0.776. The van der Waals surface area contributed by atoms with E-state index in [-0.39, 0.29) is 36.5 Å². The highest BCUT2D eigenvalue weighted by molar-refractivity contribution is 5.89. The van der Waals surface area contributed by atoms with E-state index in [2.05, 4.69) is 20.4 Å². The quantitative estimate of drug-likeness (QED) is 0.684. The standard InChI is InChI=1S/C20H18FN5O3/c21-15-6-4-13(5-7-15)19-24-17(29-25-19)10-23-20(28)14-9-18(27)26(11-14)12-16-3-1-2-8-22-16/h1-8,14H,9-12H2,(H,23,28). The van der Waals surface area contributed by atoms with Gasteiger partial charge in [0.15, 0.2) is 0 Å². The molecule has 29 heavy (non-hydrogen) atoms. The third-order valence-corrected chi connectivity index (χ3v) is 4.65. The summed E-state index contributed by atoms with van der Waals surface area (Å²) < 4.78 is 18.1. The highest BCUT2D eigenvalue weighted by atomic mass is 19.1. The third kappa shape index (κ3) is 4.45. The van der Waals surface area contributed by atoms with Crippen LogP contribution in [0.3, 0.4) is 0 Å². The molecule has 1 saturated heterocycles. The normalized spacial score (nSPS) is 16.2. The molecule has 3 heterocycles. The summed E-state index contributed by atoms with van der Waals surface area (Å²) in [5, 5.41) is 6.56. The van der Waals surface area contributed by atoms with Gasteiger partial charge in [-0.2, -0.15) is 4.98 Å². The first-order valence-corrected chi connectivity index (χ1v) is 9.12. The van der Waals surface area contributed by atoms with Gasteiger partial charge in [-0.15, -0.1) is 0 Å². The van der Waals surface area contributed by atoms with Crippen molar-refractivity contribution in [2.75, 3.05) is 6.54 Å². The van der Waals surface area contributed by atoms with Gasteiger partial charge < -0.3 is 14.7 Å². The fourth-order valence-electron chi connectivity index (χ4n) is 3.14. The minimum Gasteiger partial charge on any atom is -0.347 e. The fourth-order valence-corrected chi connectivity index (χ4v) is 3.14. The number of likely N-dealkylation sites (tertiary alicyclic amines) is 1. The second kappa shape index (κ2) is 8.17. The first kappa shape index (κ1) is 18.7. The number of amides is 2. The molecule has 1 atom stereocenters. The summed E-state index contributed by atoms with van der Waals surface area (Å²) in [7, 11) is 0. The van der Waals surface area contributed by atoms with E-state index in [0.29, 0.717) is 24.5 Å². The molecule has 0 saturated carbocycles. The predicted octanol–water partition coefficient (Wildman–Crippen LogP) is 1.94. The zero-order valence-corrected chi connectivity index (χ0v) is 15.4. The van der Waals surface area contributed by atoms with Crippen molar-refractivity contribution in [3.05, 3.63) is 66.1 Å². The van der Waals surface area contributed by atoms with Crippen molar-refractivity contribution in [3.63, 3.8) is 0 Å². The van der Waals surface area contributed by atoms with E-state index in [9.17, 15) is 14.0 Å². The first-order valence-electron chi connectivity index (χ1n) is 9.12. The Labute approximate surface area is 165 Å². The molecule has 2 amide bonds. The molecule has 2 aromatic heterocycles. The van der Waals surface area contributed by atoms with Crippen molar-refractivity contribution < 1.29 is 18.5 Å². The van der Waals surface area contributed by atoms with Crippen molar-refractivity contribution in [3.8, 4) is 11.4 Å². The zero-order chi connectivity index (χ0) is 20.2. The van der Waals surface area contributed by atoms with Gasteiger partial charge in [0, 0.05) is 24.7 Å². The molecule has 1 fully saturated rings. The lowest BCUT2D eigenvalue weighted by molar-refractivity contribution is -0.129. The van der Waals surface area contributed by atoms with Crippen LogP contribution >= 0.6 is 0 Å². The lowest BCUT2D eigenvalue weighted by atomic mass is 10.1. The summed E-state index contributed by atoms with van der Waals surface area (Å²) in [4.78, 5) is 34.7. The Morgan fingerprint density at radius 2 is 2.07 bits per heavy atom. The molecular formula is C20H18FN5O3. The highest BCUT2D eigenvalue weighted by Crippen LogP contribution is 2.20. The van der Waals surface area contributed by atoms with E-state index >= 15 is 0 Å². The van der Waals surface area contributed by atoms with E-state index in [1.165, 1.54) is 12.1 Å². The number of carbonyl (C=O) groups excluding carboxylic acids is 2. The largest absolute Gasteiger partial charge is 0.347 e. The first-order chi connectivity index (χ1) is 14.1. The van der Waals surface area contributed by atoms with Crippen LogP contribution in [0.25, 0.3) is 11.4 Å². The number of hydrogen-bond donors (Lipinski definition) is 1. The van der Waals surface area contributed by atoms with Crippen LogP contribution in [0.1, 0.15) is 18.0 Å². The minimum atomic E-state index is -0.439. The fraction of sp³-hybridized carbons (Fsp3) is 0.250. The summed E-state index contributed by atoms with van der Waals surface area (Å²) in [6, 6.07) is 11.2. The average Bonchev–Trinajstić information content (AvgIpc) is 3.35. The summed E-state index contributed by atoms with van der Waals surface area (Å²) >= 11 is 0. The van der Waals surface area contributed by atoms with Gasteiger partial charge in [-0.1, -0.05) is 11.2 Å². The molecule has 3 aromatic rings. The summed E-state index contributed by atoms with van der Waals surface area (Å²) in [5.41, 5.74) is 1.39. The molecule has 1 aliphatic rings. The van der Waals surface area contributed by atoms with Crippen LogP contribution in [0.15, 0.2) is 53.2 Å². The predicted molar refractivity (Wildman–Crippen MR) is 99.3 cm³/mol. The number of benzene rings is 1. The van der Waals surface area contributed by atoms with E-state index in [1.807, 2.05) is 18.2 Å². The maximum Gasteiger partial charge on any atom is 0.246 e. The lowest BCUT2D eigenvalue weighted by Crippen LogP contribution is -2.32. The van der Waals surface area contributed by atoms with E-state index in [1.54, 1.807) is 23.2 Å². The number of nitrogens with one attached hydrogen (secondary N) is 1. The van der Waals surface area contributed by atoms with Gasteiger partial charge in [-0.25, -0.2) is 4.39 Å². The number of halogens is 1. The van der Waals surface area contributed by atoms with E-state index < -0.39 is 5.92 Å². The van der Waals surface area contributed by atoms with Gasteiger partial charge in [0.1, 0.15) is 5.82 Å². The van der Waals surface area contributed by atoms with Crippen LogP contribution in [-0.2, 0) is 22.7 Å². The molecule has 9 heteroatoms. The Morgan fingerprint density at radius 1 is 1.24 bits per heavy atom. The summed E-state index contributed by atoms with van der Waals surface area (Å²) in [6.07, 6.45) is 1.83. The molecule has 148 valence electrons. The number of aromatic nitrogens is 3. The molecule has 1 N–H and O–H groups in total. The van der Waals surface area contributed by atoms with Crippen LogP contribution in [0, 0.1) is 11.7 Å². The second-order valence-corrected chi connectivity index (χ2v) is 6.73. The Kier molecular flexibility index (Phi) is 5.28. The molecule has 0 spiro atoms. The smallest absolute Gasteiger partial charge is 0.246 e. The zero-order valence-electron chi connectivity index (χ0n) is 15.4. The maximum absolute atomic E-state index is 13.0. The SMILES string of the molecule is O=C(NCc1nc(-c2ccc(F)cc2)no1)C1CC(=O)N(Cc2ccccn2)C1. The van der Waals surface area contributed by atoms with Crippen molar-refractivity contribution in [1.29, 1.82) is 0 Å². The van der Waals surface area contributed by atoms with Crippen LogP contribution in [0.4, 0.5) is 4.39 Å². The topological polar surface area (TPSA) is 101 Å². The second-order valence-electron chi connectivity index (χ2n) is 6.73. The van der Waals surface area contributed by atoms with Crippen molar-refractivity contribution >= 4 is 11.8 Å². The van der Waals surface area contributed by atoms with Crippen LogP contribution in [-0.4, -0.2) is 38.4 Å². The number of nitrogens with zero attached hydrogens (tertiary/aromatic N) is 4. The van der Waals surface area contributed by atoms with Crippen molar-refractivity contribution in [2.24, 2.45) is 5.92 Å². The Balaban J connectivity index is 1.31. The molecule has 4 rings (SSSR count). The van der Waals surface area contributed by atoms with Crippen molar-refractivity contribution in [1.82, 2.24) is 25.3 Å². The molecule has 0 bridgehead atoms. The van der Waals surface area contributed by atoms with Gasteiger partial charge in [0.05, 0.1) is 24.7 Å². The number of rotatable bonds is 6. The highest BCUT2D eigenvalue weighted by Gasteiger charge is 2.34. The number of hydrogen-bond acceptors (Lipinski definition) is 6. The van der Waals surface area contributed by atoms with Gasteiger partial charge in [0.2, 0.25) is 23.5 Å². The molecule has 1 aliphatic heterocycles. The molecule has 1 unspecified atom stereocenters. The summed E-state index contributed by atoms with van der Waals surface area (Å²) in [5.74, 6) is -0.576. The molecule has 0 radical (unpaired) electrons. The monoisotopic (exact) mass is 395 g/mol. The van der Waals surface area contributed by atoms with E-state index in [0.717, 1.165) is 5.69 Å². The Morgan fingerprint density at radius 3 is 2.83 bits per heavy atom. The van der Waals surface area contributed by atoms with Crippen molar-refractivity contribution in [2.45, 2.75) is 19.5 Å². The molecule has 0 aliphatic carbocycles. The molecule has 8 nitrogen and oxygen atoms in total. The van der Waals surface area contributed by atoms with Gasteiger partial charge in [0.25, 0.3) is 0 Å². The Hall–Kier alpha value is -3.62. The number of pyridine rings is 1. The van der Waals surface area contributed by atoms with Gasteiger partial charge >= 0.3 is 0 Å². The Bertz CT molecular complexity index is 1010. The van der Waals surface area contributed by atoms with Crippen LogP contribution in [0.2, 0.25) is 0 Å². The lowest BCUT2D eigenvalue weighted by Gasteiger charge is -2.15.